The van der Waals surface area contributed by atoms with Crippen molar-refractivity contribution in [3.63, 3.8) is 0 Å². The number of rotatable bonds is 3. The smallest absolute Gasteiger partial charge is 0.222 e. The van der Waals surface area contributed by atoms with Crippen LogP contribution in [0.15, 0.2) is 18.2 Å². The summed E-state index contributed by atoms with van der Waals surface area (Å²) >= 11 is 0. The molecule has 2 unspecified atom stereocenters. The maximum atomic E-state index is 12.1. The van der Waals surface area contributed by atoms with Gasteiger partial charge in [-0.3, -0.25) is 4.79 Å². The molecule has 20 heavy (non-hydrogen) atoms. The molecule has 0 aromatic heterocycles. The number of amides is 1. The van der Waals surface area contributed by atoms with Gasteiger partial charge < -0.3 is 10.6 Å². The van der Waals surface area contributed by atoms with Gasteiger partial charge in [0.2, 0.25) is 5.91 Å². The average molecular weight is 274 g/mol. The van der Waals surface area contributed by atoms with Gasteiger partial charge in [0, 0.05) is 25.6 Å². The molecule has 1 fully saturated rings. The largest absolute Gasteiger partial charge is 0.341 e. The Kier molecular flexibility index (Phi) is 4.81. The van der Waals surface area contributed by atoms with Crippen LogP contribution < -0.4 is 5.73 Å². The van der Waals surface area contributed by atoms with Crippen LogP contribution in [0.4, 0.5) is 0 Å². The first kappa shape index (κ1) is 15.0. The van der Waals surface area contributed by atoms with Gasteiger partial charge >= 0.3 is 0 Å². The van der Waals surface area contributed by atoms with E-state index in [9.17, 15) is 4.79 Å². The Hall–Kier alpha value is -1.35. The topological polar surface area (TPSA) is 46.3 Å². The second-order valence-corrected chi connectivity index (χ2v) is 6.30. The van der Waals surface area contributed by atoms with Crippen LogP contribution in [0, 0.1) is 19.8 Å². The van der Waals surface area contributed by atoms with Gasteiger partial charge in [0.1, 0.15) is 0 Å². The molecule has 1 aliphatic rings. The van der Waals surface area contributed by atoms with E-state index in [1.165, 1.54) is 11.1 Å². The minimum absolute atomic E-state index is 0.0917. The molecule has 1 aromatic carbocycles. The van der Waals surface area contributed by atoms with E-state index in [2.05, 4.69) is 39.0 Å². The molecule has 1 aliphatic heterocycles. The van der Waals surface area contributed by atoms with Crippen molar-refractivity contribution in [3.8, 4) is 0 Å². The molecule has 2 N–H and O–H groups in total. The fourth-order valence-electron chi connectivity index (χ4n) is 2.93. The third-order valence-corrected chi connectivity index (χ3v) is 4.18. The van der Waals surface area contributed by atoms with Crippen LogP contribution >= 0.6 is 0 Å². The van der Waals surface area contributed by atoms with E-state index in [1.54, 1.807) is 0 Å². The molecule has 0 saturated carbocycles. The van der Waals surface area contributed by atoms with Crippen molar-refractivity contribution in [2.45, 2.75) is 46.1 Å². The molecule has 1 aromatic rings. The highest BCUT2D eigenvalue weighted by atomic mass is 16.2. The van der Waals surface area contributed by atoms with Gasteiger partial charge in [0.25, 0.3) is 0 Å². The number of nitrogens with zero attached hydrogens (tertiary/aromatic N) is 1. The van der Waals surface area contributed by atoms with Crippen molar-refractivity contribution in [3.05, 3.63) is 34.9 Å². The van der Waals surface area contributed by atoms with Crippen molar-refractivity contribution in [2.24, 2.45) is 11.7 Å². The second-order valence-electron chi connectivity index (χ2n) is 6.30. The van der Waals surface area contributed by atoms with E-state index in [0.717, 1.165) is 24.9 Å². The zero-order valence-electron chi connectivity index (χ0n) is 12.9. The van der Waals surface area contributed by atoms with Crippen LogP contribution in [0.5, 0.6) is 0 Å². The van der Waals surface area contributed by atoms with E-state index >= 15 is 0 Å². The summed E-state index contributed by atoms with van der Waals surface area (Å²) in [4.78, 5) is 14.1. The van der Waals surface area contributed by atoms with Gasteiger partial charge in [0.15, 0.2) is 0 Å². The van der Waals surface area contributed by atoms with Crippen LogP contribution in [0.3, 0.4) is 0 Å². The molecule has 3 heteroatoms. The lowest BCUT2D eigenvalue weighted by molar-refractivity contribution is -0.130. The van der Waals surface area contributed by atoms with E-state index in [-0.39, 0.29) is 11.9 Å². The van der Waals surface area contributed by atoms with Crippen LogP contribution in [-0.2, 0) is 4.79 Å². The summed E-state index contributed by atoms with van der Waals surface area (Å²) in [6, 6.07) is 6.31. The summed E-state index contributed by atoms with van der Waals surface area (Å²) in [6.07, 6.45) is 2.76. The molecule has 0 radical (unpaired) electrons. The van der Waals surface area contributed by atoms with Gasteiger partial charge in [-0.05, 0) is 38.2 Å². The fraction of sp³-hybridized carbons (Fsp3) is 0.588. The molecule has 3 nitrogen and oxygen atoms in total. The van der Waals surface area contributed by atoms with Crippen molar-refractivity contribution in [1.82, 2.24) is 4.90 Å². The maximum absolute atomic E-state index is 12.1. The third-order valence-electron chi connectivity index (χ3n) is 4.18. The van der Waals surface area contributed by atoms with E-state index in [1.807, 2.05) is 4.90 Å². The SMILES string of the molecule is Cc1cc(C)cc(C(N)CN2CCC(C)CCC2=O)c1. The van der Waals surface area contributed by atoms with Crippen molar-refractivity contribution < 1.29 is 4.79 Å². The van der Waals surface area contributed by atoms with Gasteiger partial charge in [-0.1, -0.05) is 36.2 Å². The highest BCUT2D eigenvalue weighted by Gasteiger charge is 2.22. The van der Waals surface area contributed by atoms with Gasteiger partial charge in [0.05, 0.1) is 0 Å². The second kappa shape index (κ2) is 6.40. The summed E-state index contributed by atoms with van der Waals surface area (Å²) in [5.41, 5.74) is 9.91. The minimum atomic E-state index is -0.0917. The Balaban J connectivity index is 2.06. The lowest BCUT2D eigenvalue weighted by atomic mass is 10.0. The summed E-state index contributed by atoms with van der Waals surface area (Å²) < 4.78 is 0. The number of benzene rings is 1. The molecular weight excluding hydrogens is 248 g/mol. The Labute approximate surface area is 122 Å². The maximum Gasteiger partial charge on any atom is 0.222 e. The van der Waals surface area contributed by atoms with Gasteiger partial charge in [-0.2, -0.15) is 0 Å². The lowest BCUT2D eigenvalue weighted by Crippen LogP contribution is -2.36. The van der Waals surface area contributed by atoms with Crippen molar-refractivity contribution >= 4 is 5.91 Å². The molecule has 1 amide bonds. The number of hydrogen-bond donors (Lipinski definition) is 1. The highest BCUT2D eigenvalue weighted by molar-refractivity contribution is 5.76. The number of carbonyl (C=O) groups is 1. The van der Waals surface area contributed by atoms with Crippen LogP contribution in [0.2, 0.25) is 0 Å². The van der Waals surface area contributed by atoms with Crippen LogP contribution in [-0.4, -0.2) is 23.9 Å². The standard InChI is InChI=1S/C17H26N2O/c1-12-4-5-17(20)19(7-6-12)11-16(18)15-9-13(2)8-14(3)10-15/h8-10,12,16H,4-7,11,18H2,1-3H3. The number of hydrogen-bond acceptors (Lipinski definition) is 2. The Morgan fingerprint density at radius 3 is 2.55 bits per heavy atom. The minimum Gasteiger partial charge on any atom is -0.341 e. The molecule has 1 heterocycles. The first-order chi connectivity index (χ1) is 9.45. The molecular formula is C17H26N2O. The van der Waals surface area contributed by atoms with E-state index in [4.69, 9.17) is 5.73 Å². The van der Waals surface area contributed by atoms with E-state index < -0.39 is 0 Å². The first-order valence-electron chi connectivity index (χ1n) is 7.57. The normalized spacial score (nSPS) is 21.7. The predicted octanol–water partition coefficient (Wildman–Crippen LogP) is 2.95. The Morgan fingerprint density at radius 2 is 1.90 bits per heavy atom. The lowest BCUT2D eigenvalue weighted by Gasteiger charge is -2.25. The quantitative estimate of drug-likeness (QED) is 0.921. The number of nitrogens with two attached hydrogens (primary N) is 1. The summed E-state index contributed by atoms with van der Waals surface area (Å²) in [7, 11) is 0. The van der Waals surface area contributed by atoms with Crippen molar-refractivity contribution in [1.29, 1.82) is 0 Å². The van der Waals surface area contributed by atoms with Crippen LogP contribution in [0.1, 0.15) is 48.9 Å². The summed E-state index contributed by atoms with van der Waals surface area (Å²) in [5, 5.41) is 0. The zero-order chi connectivity index (χ0) is 14.7. The molecule has 1 saturated heterocycles. The van der Waals surface area contributed by atoms with Gasteiger partial charge in [-0.15, -0.1) is 0 Å². The average Bonchev–Trinajstić information content (AvgIpc) is 2.53. The summed E-state index contributed by atoms with van der Waals surface area (Å²) in [6.45, 7) is 7.87. The zero-order valence-corrected chi connectivity index (χ0v) is 12.9. The first-order valence-corrected chi connectivity index (χ1v) is 7.57. The van der Waals surface area contributed by atoms with E-state index in [0.29, 0.717) is 18.9 Å². The molecule has 2 rings (SSSR count). The Bertz CT molecular complexity index is 464. The Morgan fingerprint density at radius 1 is 1.25 bits per heavy atom. The number of aryl methyl sites for hydroxylation is 2. The van der Waals surface area contributed by atoms with Crippen molar-refractivity contribution in [2.75, 3.05) is 13.1 Å². The summed E-state index contributed by atoms with van der Waals surface area (Å²) in [5.74, 6) is 0.899. The molecule has 2 atom stereocenters. The van der Waals surface area contributed by atoms with Crippen LogP contribution in [0.25, 0.3) is 0 Å². The van der Waals surface area contributed by atoms with Gasteiger partial charge in [-0.25, -0.2) is 0 Å². The molecule has 110 valence electrons. The molecule has 0 aliphatic carbocycles. The molecule has 0 bridgehead atoms. The highest BCUT2D eigenvalue weighted by Crippen LogP contribution is 2.21. The molecule has 0 spiro atoms. The number of likely N-dealkylation sites (tertiary alicyclic amines) is 1. The monoisotopic (exact) mass is 274 g/mol. The fourth-order valence-corrected chi connectivity index (χ4v) is 2.93. The number of carbonyl (C=O) groups excluding carboxylic acids is 1. The predicted molar refractivity (Wildman–Crippen MR) is 82.4 cm³/mol. The third kappa shape index (κ3) is 3.83.